The van der Waals surface area contributed by atoms with Crippen molar-refractivity contribution in [2.75, 3.05) is 13.7 Å². The summed E-state index contributed by atoms with van der Waals surface area (Å²) >= 11 is 5.92. The lowest BCUT2D eigenvalue weighted by atomic mass is 10.2. The minimum absolute atomic E-state index is 0.0131. The fourth-order valence-electron chi connectivity index (χ4n) is 2.24. The molecule has 0 aromatic heterocycles. The molecule has 0 radical (unpaired) electrons. The molecule has 140 valence electrons. The largest absolute Gasteiger partial charge is 0.492 e. The third kappa shape index (κ3) is 4.97. The van der Waals surface area contributed by atoms with Gasteiger partial charge in [0.1, 0.15) is 12.4 Å². The first-order valence-electron chi connectivity index (χ1n) is 7.83. The molecule has 0 unspecified atom stereocenters. The zero-order chi connectivity index (χ0) is 19.3. The van der Waals surface area contributed by atoms with Crippen LogP contribution in [0.25, 0.3) is 0 Å². The number of benzene rings is 2. The van der Waals surface area contributed by atoms with E-state index in [1.165, 1.54) is 25.3 Å². The van der Waals surface area contributed by atoms with E-state index in [2.05, 4.69) is 9.46 Å². The summed E-state index contributed by atoms with van der Waals surface area (Å²) in [5.41, 5.74) is 0.948. The quantitative estimate of drug-likeness (QED) is 0.725. The van der Waals surface area contributed by atoms with Crippen LogP contribution in [0.5, 0.6) is 5.75 Å². The number of sulfonamides is 1. The van der Waals surface area contributed by atoms with Gasteiger partial charge in [0, 0.05) is 0 Å². The third-order valence-corrected chi connectivity index (χ3v) is 5.51. The lowest BCUT2D eigenvalue weighted by Crippen LogP contribution is -2.36. The van der Waals surface area contributed by atoms with Crippen molar-refractivity contribution in [2.24, 2.45) is 0 Å². The summed E-state index contributed by atoms with van der Waals surface area (Å²) in [5, 5.41) is 0.117. The van der Waals surface area contributed by atoms with Crippen molar-refractivity contribution in [3.63, 3.8) is 0 Å². The number of ether oxygens (including phenoxy) is 2. The molecule has 0 saturated carbocycles. The summed E-state index contributed by atoms with van der Waals surface area (Å²) in [7, 11) is -2.65. The number of rotatable bonds is 7. The van der Waals surface area contributed by atoms with Gasteiger partial charge in [0.2, 0.25) is 10.0 Å². The zero-order valence-electron chi connectivity index (χ0n) is 14.7. The maximum absolute atomic E-state index is 12.5. The molecule has 0 fully saturated rings. The second kappa shape index (κ2) is 8.53. The summed E-state index contributed by atoms with van der Waals surface area (Å²) in [5.74, 6) is -0.0130. The molecule has 0 aliphatic heterocycles. The summed E-state index contributed by atoms with van der Waals surface area (Å²) < 4.78 is 37.8. The number of carbonyl (C=O) groups excluding carboxylic acids is 1. The van der Waals surface area contributed by atoms with Crippen LogP contribution >= 0.6 is 11.6 Å². The average Bonchev–Trinajstić information content (AvgIpc) is 2.60. The van der Waals surface area contributed by atoms with Crippen molar-refractivity contribution in [3.8, 4) is 5.75 Å². The molecule has 0 heterocycles. The molecule has 0 aliphatic carbocycles. The fourth-order valence-corrected chi connectivity index (χ4v) is 3.69. The van der Waals surface area contributed by atoms with Gasteiger partial charge in [-0.25, -0.2) is 17.9 Å². The molecule has 0 saturated heterocycles. The number of methoxy groups -OCH3 is 1. The maximum Gasteiger partial charge on any atom is 0.339 e. The van der Waals surface area contributed by atoms with Gasteiger partial charge in [0.25, 0.3) is 0 Å². The Balaban J connectivity index is 2.10. The number of esters is 1. The number of hydrogen-bond donors (Lipinski definition) is 1. The van der Waals surface area contributed by atoms with E-state index in [9.17, 15) is 13.2 Å². The van der Waals surface area contributed by atoms with Crippen LogP contribution in [0.1, 0.15) is 22.8 Å². The predicted molar refractivity (Wildman–Crippen MR) is 99.2 cm³/mol. The highest BCUT2D eigenvalue weighted by Crippen LogP contribution is 2.22. The highest BCUT2D eigenvalue weighted by atomic mass is 35.5. The van der Waals surface area contributed by atoms with Crippen LogP contribution in [0.4, 0.5) is 0 Å². The normalized spacial score (nSPS) is 12.5. The number of para-hydroxylation sites is 1. The molecule has 6 nitrogen and oxygen atoms in total. The van der Waals surface area contributed by atoms with Crippen LogP contribution in [0.3, 0.4) is 0 Å². The summed E-state index contributed by atoms with van der Waals surface area (Å²) in [4.78, 5) is 11.6. The van der Waals surface area contributed by atoms with E-state index in [-0.39, 0.29) is 22.1 Å². The third-order valence-electron chi connectivity index (χ3n) is 3.59. The van der Waals surface area contributed by atoms with Crippen LogP contribution in [0.15, 0.2) is 47.4 Å². The van der Waals surface area contributed by atoms with Crippen LogP contribution < -0.4 is 9.46 Å². The van der Waals surface area contributed by atoms with Gasteiger partial charge in [-0.2, -0.15) is 0 Å². The van der Waals surface area contributed by atoms with Crippen LogP contribution in [-0.2, 0) is 14.8 Å². The van der Waals surface area contributed by atoms with E-state index in [0.29, 0.717) is 5.75 Å². The number of nitrogens with one attached hydrogen (secondary N) is 1. The predicted octanol–water partition coefficient (Wildman–Crippen LogP) is 3.18. The molecule has 8 heteroatoms. The van der Waals surface area contributed by atoms with Crippen molar-refractivity contribution in [1.82, 2.24) is 4.72 Å². The van der Waals surface area contributed by atoms with E-state index in [0.717, 1.165) is 5.56 Å². The monoisotopic (exact) mass is 397 g/mol. The number of hydrogen-bond acceptors (Lipinski definition) is 5. The van der Waals surface area contributed by atoms with Gasteiger partial charge < -0.3 is 9.47 Å². The summed E-state index contributed by atoms with van der Waals surface area (Å²) in [6, 6.07) is 10.8. The Kier molecular flexibility index (Phi) is 6.63. The first kappa shape index (κ1) is 20.2. The average molecular weight is 398 g/mol. The van der Waals surface area contributed by atoms with Crippen LogP contribution in [-0.4, -0.2) is 34.1 Å². The van der Waals surface area contributed by atoms with Gasteiger partial charge in [-0.15, -0.1) is 0 Å². The highest BCUT2D eigenvalue weighted by molar-refractivity contribution is 7.89. The van der Waals surface area contributed by atoms with Crippen molar-refractivity contribution >= 4 is 27.6 Å². The molecule has 0 amide bonds. The number of halogens is 1. The van der Waals surface area contributed by atoms with Crippen molar-refractivity contribution in [1.29, 1.82) is 0 Å². The van der Waals surface area contributed by atoms with E-state index in [4.69, 9.17) is 16.3 Å². The van der Waals surface area contributed by atoms with E-state index in [1.54, 1.807) is 6.92 Å². The van der Waals surface area contributed by atoms with Gasteiger partial charge in [-0.3, -0.25) is 0 Å². The maximum atomic E-state index is 12.5. The first-order chi connectivity index (χ1) is 12.2. The highest BCUT2D eigenvalue weighted by Gasteiger charge is 2.21. The van der Waals surface area contributed by atoms with Crippen molar-refractivity contribution in [3.05, 3.63) is 58.6 Å². The van der Waals surface area contributed by atoms with Gasteiger partial charge in [0.15, 0.2) is 0 Å². The topological polar surface area (TPSA) is 81.7 Å². The van der Waals surface area contributed by atoms with Gasteiger partial charge in [-0.05, 0) is 43.7 Å². The Morgan fingerprint density at radius 3 is 2.58 bits per heavy atom. The van der Waals surface area contributed by atoms with Crippen molar-refractivity contribution in [2.45, 2.75) is 24.8 Å². The van der Waals surface area contributed by atoms with Gasteiger partial charge in [-0.1, -0.05) is 29.8 Å². The smallest absolute Gasteiger partial charge is 0.339 e. The molecule has 1 atom stereocenters. The van der Waals surface area contributed by atoms with E-state index < -0.39 is 22.0 Å². The van der Waals surface area contributed by atoms with E-state index >= 15 is 0 Å². The van der Waals surface area contributed by atoms with E-state index in [1.807, 2.05) is 31.2 Å². The molecule has 2 aromatic carbocycles. The number of aryl methyl sites for hydroxylation is 1. The standard InChI is InChI=1S/C18H20ClNO5S/c1-12-6-4-5-7-17(12)25-11-13(2)20-26(22,23)14-8-9-16(19)15(10-14)18(21)24-3/h4-10,13,20H,11H2,1-3H3/t13-/m1/s1. The minimum Gasteiger partial charge on any atom is -0.492 e. The molecular weight excluding hydrogens is 378 g/mol. The Bertz CT molecular complexity index is 898. The zero-order valence-corrected chi connectivity index (χ0v) is 16.2. The molecule has 0 bridgehead atoms. The molecule has 0 spiro atoms. The second-order valence-electron chi connectivity index (χ2n) is 5.73. The molecule has 2 rings (SSSR count). The van der Waals surface area contributed by atoms with Gasteiger partial charge in [0.05, 0.1) is 28.6 Å². The first-order valence-corrected chi connectivity index (χ1v) is 9.69. The van der Waals surface area contributed by atoms with Crippen LogP contribution in [0, 0.1) is 6.92 Å². The Morgan fingerprint density at radius 2 is 1.92 bits per heavy atom. The number of carbonyl (C=O) groups is 1. The minimum atomic E-state index is -3.85. The molecule has 2 aromatic rings. The molecule has 0 aliphatic rings. The summed E-state index contributed by atoms with van der Waals surface area (Å²) in [6.45, 7) is 3.75. The summed E-state index contributed by atoms with van der Waals surface area (Å²) in [6.07, 6.45) is 0. The Morgan fingerprint density at radius 1 is 1.23 bits per heavy atom. The molecular formula is C18H20ClNO5S. The van der Waals surface area contributed by atoms with Crippen molar-refractivity contribution < 1.29 is 22.7 Å². The Labute approximate surface area is 158 Å². The SMILES string of the molecule is COC(=O)c1cc(S(=O)(=O)N[C@H](C)COc2ccccc2C)ccc1Cl. The molecule has 1 N–H and O–H groups in total. The lowest BCUT2D eigenvalue weighted by molar-refractivity contribution is 0.0600. The van der Waals surface area contributed by atoms with Gasteiger partial charge >= 0.3 is 5.97 Å². The molecule has 26 heavy (non-hydrogen) atoms. The van der Waals surface area contributed by atoms with Crippen LogP contribution in [0.2, 0.25) is 5.02 Å². The lowest BCUT2D eigenvalue weighted by Gasteiger charge is -2.16. The Hall–Kier alpha value is -2.09. The fraction of sp³-hybridized carbons (Fsp3) is 0.278. The second-order valence-corrected chi connectivity index (χ2v) is 7.85.